The van der Waals surface area contributed by atoms with Crippen LogP contribution < -0.4 is 0 Å². The van der Waals surface area contributed by atoms with Gasteiger partial charge in [-0.15, -0.1) is 0 Å². The first-order chi connectivity index (χ1) is 13.4. The van der Waals surface area contributed by atoms with E-state index in [9.17, 15) is 14.7 Å². The minimum atomic E-state index is -0.607. The summed E-state index contributed by atoms with van der Waals surface area (Å²) in [6.45, 7) is 7.64. The molecule has 0 spiro atoms. The van der Waals surface area contributed by atoms with E-state index in [0.29, 0.717) is 12.8 Å². The van der Waals surface area contributed by atoms with E-state index < -0.39 is 12.1 Å². The van der Waals surface area contributed by atoms with E-state index in [1.807, 2.05) is 26.0 Å². The van der Waals surface area contributed by atoms with E-state index in [1.54, 1.807) is 18.2 Å². The van der Waals surface area contributed by atoms with Crippen molar-refractivity contribution in [3.05, 3.63) is 59.8 Å². The predicted octanol–water partition coefficient (Wildman–Crippen LogP) is 3.75. The van der Waals surface area contributed by atoms with Gasteiger partial charge in [-0.25, -0.2) is 4.79 Å². The van der Waals surface area contributed by atoms with Crippen molar-refractivity contribution in [1.29, 1.82) is 0 Å². The molecule has 1 fully saturated rings. The number of carbonyl (C=O) groups is 2. The Labute approximate surface area is 167 Å². The lowest BCUT2D eigenvalue weighted by Crippen LogP contribution is -2.28. The fourth-order valence-corrected chi connectivity index (χ4v) is 3.40. The number of aliphatic hydroxyl groups is 1. The van der Waals surface area contributed by atoms with Gasteiger partial charge in [0.1, 0.15) is 6.10 Å². The Morgan fingerprint density at radius 3 is 2.68 bits per heavy atom. The van der Waals surface area contributed by atoms with Gasteiger partial charge in [-0.2, -0.15) is 0 Å². The summed E-state index contributed by atoms with van der Waals surface area (Å²) in [7, 11) is 0. The molecule has 28 heavy (non-hydrogen) atoms. The van der Waals surface area contributed by atoms with Crippen molar-refractivity contribution in [2.75, 3.05) is 6.61 Å². The molecule has 2 bridgehead atoms. The highest BCUT2D eigenvalue weighted by Crippen LogP contribution is 2.27. The molecule has 0 radical (unpaired) electrons. The van der Waals surface area contributed by atoms with Crippen molar-refractivity contribution in [3.63, 3.8) is 0 Å². The van der Waals surface area contributed by atoms with Gasteiger partial charge in [-0.05, 0) is 39.2 Å². The second-order valence-corrected chi connectivity index (χ2v) is 7.57. The van der Waals surface area contributed by atoms with E-state index in [4.69, 9.17) is 9.47 Å². The quantitative estimate of drug-likeness (QED) is 0.549. The van der Waals surface area contributed by atoms with Gasteiger partial charge in [-0.3, -0.25) is 4.79 Å². The monoisotopic (exact) mass is 386 g/mol. The number of fused-ring (bicyclic) bond motifs is 2. The van der Waals surface area contributed by atoms with Crippen molar-refractivity contribution in [3.8, 4) is 0 Å². The highest BCUT2D eigenvalue weighted by molar-refractivity contribution is 5.91. The van der Waals surface area contributed by atoms with Gasteiger partial charge in [0.15, 0.2) is 5.78 Å². The molecule has 2 aliphatic heterocycles. The van der Waals surface area contributed by atoms with Crippen LogP contribution in [0.2, 0.25) is 0 Å². The molecule has 5 nitrogen and oxygen atoms in total. The van der Waals surface area contributed by atoms with Gasteiger partial charge in [-0.1, -0.05) is 47.6 Å². The fourth-order valence-electron chi connectivity index (χ4n) is 3.40. The third-order valence-corrected chi connectivity index (χ3v) is 4.65. The summed E-state index contributed by atoms with van der Waals surface area (Å²) >= 11 is 0. The number of cyclic esters (lactones) is 1. The number of allylic oxidation sites excluding steroid dienone is 4. The van der Waals surface area contributed by atoms with Crippen LogP contribution in [0.1, 0.15) is 46.0 Å². The summed E-state index contributed by atoms with van der Waals surface area (Å²) in [5, 5.41) is 9.54. The summed E-state index contributed by atoms with van der Waals surface area (Å²) in [5.41, 5.74) is 2.95. The maximum atomic E-state index is 12.1. The largest absolute Gasteiger partial charge is 0.456 e. The highest BCUT2D eigenvalue weighted by Gasteiger charge is 2.23. The van der Waals surface area contributed by atoms with Crippen LogP contribution in [0.25, 0.3) is 0 Å². The predicted molar refractivity (Wildman–Crippen MR) is 109 cm³/mol. The zero-order valence-electron chi connectivity index (χ0n) is 16.7. The number of hydrogen-bond acceptors (Lipinski definition) is 5. The summed E-state index contributed by atoms with van der Waals surface area (Å²) in [6, 6.07) is 0. The third-order valence-electron chi connectivity index (χ3n) is 4.65. The number of carbonyl (C=O) groups excluding carboxylic acids is 2. The van der Waals surface area contributed by atoms with Crippen molar-refractivity contribution in [1.82, 2.24) is 0 Å². The van der Waals surface area contributed by atoms with Gasteiger partial charge in [0.2, 0.25) is 0 Å². The van der Waals surface area contributed by atoms with E-state index in [1.165, 1.54) is 6.08 Å². The molecule has 5 heteroatoms. The van der Waals surface area contributed by atoms with E-state index in [-0.39, 0.29) is 31.0 Å². The molecule has 0 aromatic rings. The Kier molecular flexibility index (Phi) is 8.61. The van der Waals surface area contributed by atoms with Gasteiger partial charge in [0.25, 0.3) is 0 Å². The summed E-state index contributed by atoms with van der Waals surface area (Å²) in [5.74, 6) is -0.515. The van der Waals surface area contributed by atoms with Crippen LogP contribution in [0.4, 0.5) is 0 Å². The molecule has 2 heterocycles. The standard InChI is InChI=1S/C23H30O5/c1-16-6-4-9-23(26)28-22(15-24)14-18(3)13-21-12-17(2)11-20(27-21)8-5-7-19(25)10-16/h4-7,9,13,20-22,24H,2,8,10-12,14-15H2,1,3H3/b7-5+,9-4+,16-6-,18-13+/t20-,21-,22-/m1/s1. The first-order valence-electron chi connectivity index (χ1n) is 9.69. The van der Waals surface area contributed by atoms with Crippen molar-refractivity contribution in [2.45, 2.75) is 64.3 Å². The molecule has 0 aliphatic carbocycles. The summed E-state index contributed by atoms with van der Waals surface area (Å²) < 4.78 is 11.4. The van der Waals surface area contributed by atoms with Crippen LogP contribution in [0.15, 0.2) is 59.8 Å². The molecular weight excluding hydrogens is 356 g/mol. The Hall–Kier alpha value is -2.24. The topological polar surface area (TPSA) is 72.8 Å². The minimum Gasteiger partial charge on any atom is -0.456 e. The zero-order chi connectivity index (χ0) is 20.5. The molecule has 3 atom stereocenters. The SMILES string of the molecule is C=C1C[C@H]2C/C=C/C(=O)C/C(C)=C\C=C\C(=O)O[C@@H](CO)C/C(C)=C/[C@@H](C1)O2. The van der Waals surface area contributed by atoms with Crippen LogP contribution in [0.5, 0.6) is 0 Å². The normalized spacial score (nSPS) is 34.1. The second-order valence-electron chi connectivity index (χ2n) is 7.57. The number of rotatable bonds is 1. The number of esters is 1. The molecule has 152 valence electrons. The van der Waals surface area contributed by atoms with Crippen LogP contribution in [-0.2, 0) is 19.1 Å². The summed E-state index contributed by atoms with van der Waals surface area (Å²) in [4.78, 5) is 24.0. The Bertz CT molecular complexity index is 711. The van der Waals surface area contributed by atoms with Crippen LogP contribution in [-0.4, -0.2) is 41.8 Å². The number of ketones is 1. The third kappa shape index (κ3) is 7.79. The Balaban J connectivity index is 2.21. The molecule has 1 N–H and O–H groups in total. The van der Waals surface area contributed by atoms with Gasteiger partial charge in [0, 0.05) is 18.9 Å². The number of ether oxygens (including phenoxy) is 2. The lowest BCUT2D eigenvalue weighted by molar-refractivity contribution is -0.144. The van der Waals surface area contributed by atoms with Crippen molar-refractivity contribution >= 4 is 11.8 Å². The van der Waals surface area contributed by atoms with E-state index in [2.05, 4.69) is 6.58 Å². The summed E-state index contributed by atoms with van der Waals surface area (Å²) in [6.07, 6.45) is 12.3. The lowest BCUT2D eigenvalue weighted by atomic mass is 9.95. The van der Waals surface area contributed by atoms with Crippen LogP contribution in [0.3, 0.4) is 0 Å². The first kappa shape index (κ1) is 22.1. The average Bonchev–Trinajstić information content (AvgIpc) is 2.59. The van der Waals surface area contributed by atoms with Crippen molar-refractivity contribution < 1.29 is 24.2 Å². The Morgan fingerprint density at radius 1 is 1.14 bits per heavy atom. The van der Waals surface area contributed by atoms with E-state index in [0.717, 1.165) is 29.6 Å². The smallest absolute Gasteiger partial charge is 0.331 e. The lowest BCUT2D eigenvalue weighted by Gasteiger charge is -2.30. The van der Waals surface area contributed by atoms with Crippen LogP contribution in [0, 0.1) is 0 Å². The minimum absolute atomic E-state index is 0.00751. The number of aliphatic hydroxyl groups excluding tert-OH is 1. The van der Waals surface area contributed by atoms with Crippen molar-refractivity contribution in [2.24, 2.45) is 0 Å². The van der Waals surface area contributed by atoms with Gasteiger partial charge >= 0.3 is 5.97 Å². The molecule has 2 aliphatic rings. The maximum absolute atomic E-state index is 12.1. The van der Waals surface area contributed by atoms with Crippen LogP contribution >= 0.6 is 0 Å². The molecule has 1 saturated heterocycles. The number of hydrogen-bond donors (Lipinski definition) is 1. The fraction of sp³-hybridized carbons (Fsp3) is 0.478. The molecule has 0 saturated carbocycles. The highest BCUT2D eigenvalue weighted by atomic mass is 16.5. The maximum Gasteiger partial charge on any atom is 0.331 e. The molecule has 2 rings (SSSR count). The average molecular weight is 386 g/mol. The molecule has 0 amide bonds. The Morgan fingerprint density at radius 2 is 1.93 bits per heavy atom. The molecule has 0 aromatic carbocycles. The molecule has 0 unspecified atom stereocenters. The zero-order valence-corrected chi connectivity index (χ0v) is 16.7. The second kappa shape index (κ2) is 10.9. The van der Waals surface area contributed by atoms with Gasteiger partial charge < -0.3 is 14.6 Å². The van der Waals surface area contributed by atoms with E-state index >= 15 is 0 Å². The first-order valence-corrected chi connectivity index (χ1v) is 9.69. The molecule has 0 aromatic heterocycles. The molecular formula is C23H30O5. The van der Waals surface area contributed by atoms with Gasteiger partial charge in [0.05, 0.1) is 18.8 Å².